The molecule has 3 aromatic carbocycles. The van der Waals surface area contributed by atoms with Crippen LogP contribution in [0.5, 0.6) is 17.2 Å². The molecule has 4 rings (SSSR count). The molecule has 0 bridgehead atoms. The fourth-order valence-corrected chi connectivity index (χ4v) is 3.45. The highest BCUT2D eigenvalue weighted by Gasteiger charge is 2.03. The summed E-state index contributed by atoms with van der Waals surface area (Å²) in [5.41, 5.74) is 3.11. The minimum Gasteiger partial charge on any atom is -0.497 e. The van der Waals surface area contributed by atoms with Crippen molar-refractivity contribution in [2.24, 2.45) is 0 Å². The van der Waals surface area contributed by atoms with Crippen molar-refractivity contribution in [3.63, 3.8) is 0 Å². The van der Waals surface area contributed by atoms with E-state index in [1.54, 1.807) is 18.4 Å². The van der Waals surface area contributed by atoms with Crippen LogP contribution < -0.4 is 9.47 Å². The number of rotatable bonds is 6. The molecule has 0 aliphatic carbocycles. The van der Waals surface area contributed by atoms with Gasteiger partial charge in [-0.3, -0.25) is 0 Å². The Kier molecular flexibility index (Phi) is 5.50. The number of para-hydroxylation sites is 1. The van der Waals surface area contributed by atoms with Gasteiger partial charge in [0, 0.05) is 10.9 Å². The Hall–Kier alpha value is -3.37. The predicted molar refractivity (Wildman–Crippen MR) is 116 cm³/mol. The first-order valence-electron chi connectivity index (χ1n) is 8.91. The first-order chi connectivity index (χ1) is 13.8. The van der Waals surface area contributed by atoms with Crippen molar-refractivity contribution in [3.8, 4) is 28.5 Å². The van der Waals surface area contributed by atoms with Gasteiger partial charge in [0.2, 0.25) is 0 Å². The molecule has 1 heterocycles. The lowest BCUT2D eigenvalue weighted by Crippen LogP contribution is -1.84. The molecular weight excluding hydrogens is 366 g/mol. The fraction of sp³-hybridized carbons (Fsp3) is 0.0417. The summed E-state index contributed by atoms with van der Waals surface area (Å²) >= 11 is 1.62. The molecule has 0 radical (unpaired) electrons. The van der Waals surface area contributed by atoms with Gasteiger partial charge in [-0.1, -0.05) is 36.4 Å². The maximum absolute atomic E-state index is 5.89. The molecule has 0 spiro atoms. The van der Waals surface area contributed by atoms with E-state index in [1.807, 2.05) is 84.9 Å². The highest BCUT2D eigenvalue weighted by molar-refractivity contribution is 7.10. The Morgan fingerprint density at radius 1 is 0.786 bits per heavy atom. The van der Waals surface area contributed by atoms with E-state index in [4.69, 9.17) is 14.5 Å². The number of benzene rings is 3. The molecule has 28 heavy (non-hydrogen) atoms. The van der Waals surface area contributed by atoms with E-state index in [1.165, 1.54) is 0 Å². The second-order valence-corrected chi connectivity index (χ2v) is 7.01. The molecule has 0 saturated carbocycles. The molecule has 3 nitrogen and oxygen atoms in total. The first-order valence-corrected chi connectivity index (χ1v) is 9.79. The summed E-state index contributed by atoms with van der Waals surface area (Å²) in [5.74, 6) is 2.48. The average molecular weight is 385 g/mol. The molecule has 0 aliphatic rings. The summed E-state index contributed by atoms with van der Waals surface area (Å²) < 4.78 is 11.1. The van der Waals surface area contributed by atoms with Crippen LogP contribution in [0.25, 0.3) is 23.4 Å². The van der Waals surface area contributed by atoms with Crippen LogP contribution in [0.2, 0.25) is 0 Å². The maximum Gasteiger partial charge on any atom is 0.128 e. The number of methoxy groups -OCH3 is 1. The van der Waals surface area contributed by atoms with E-state index in [0.29, 0.717) is 0 Å². The van der Waals surface area contributed by atoms with Gasteiger partial charge >= 0.3 is 0 Å². The Bertz CT molecular complexity index is 1070. The van der Waals surface area contributed by atoms with Gasteiger partial charge in [-0.05, 0) is 60.2 Å². The van der Waals surface area contributed by atoms with Gasteiger partial charge in [0.15, 0.2) is 0 Å². The molecule has 0 fully saturated rings. The number of hydrogen-bond acceptors (Lipinski definition) is 4. The fourth-order valence-electron chi connectivity index (χ4n) is 2.73. The van der Waals surface area contributed by atoms with Crippen LogP contribution in [0.15, 0.2) is 84.2 Å². The van der Waals surface area contributed by atoms with Gasteiger partial charge < -0.3 is 9.47 Å². The number of nitrogens with zero attached hydrogens (tertiary/aromatic N) is 1. The van der Waals surface area contributed by atoms with Crippen molar-refractivity contribution in [1.29, 1.82) is 0 Å². The third kappa shape index (κ3) is 4.48. The summed E-state index contributed by atoms with van der Waals surface area (Å²) in [4.78, 5) is 4.70. The normalized spacial score (nSPS) is 10.9. The summed E-state index contributed by atoms with van der Waals surface area (Å²) in [6, 6.07) is 25.7. The lowest BCUT2D eigenvalue weighted by Gasteiger charge is -2.05. The van der Waals surface area contributed by atoms with Crippen molar-refractivity contribution < 1.29 is 9.47 Å². The molecule has 0 unspecified atom stereocenters. The topological polar surface area (TPSA) is 31.4 Å². The molecular formula is C24H19NO2S. The van der Waals surface area contributed by atoms with Crippen LogP contribution in [0.4, 0.5) is 0 Å². The highest BCUT2D eigenvalue weighted by atomic mass is 32.1. The van der Waals surface area contributed by atoms with Gasteiger partial charge in [-0.25, -0.2) is 4.98 Å². The second-order valence-electron chi connectivity index (χ2n) is 6.12. The van der Waals surface area contributed by atoms with E-state index in [9.17, 15) is 0 Å². The van der Waals surface area contributed by atoms with Crippen LogP contribution in [-0.2, 0) is 0 Å². The minimum atomic E-state index is 0.811. The standard InChI is InChI=1S/C24H19NO2S/c1-26-20-13-11-19(12-14-20)23-17-28-24(25-23)15-10-18-6-5-9-22(16-18)27-21-7-3-2-4-8-21/h2-17H,1H3/b15-10+. The van der Waals surface area contributed by atoms with E-state index in [-0.39, 0.29) is 0 Å². The molecule has 4 aromatic rings. The van der Waals surface area contributed by atoms with E-state index >= 15 is 0 Å². The van der Waals surface area contributed by atoms with Crippen molar-refractivity contribution in [2.75, 3.05) is 7.11 Å². The molecule has 0 amide bonds. The van der Waals surface area contributed by atoms with Crippen molar-refractivity contribution in [1.82, 2.24) is 4.98 Å². The third-order valence-corrected chi connectivity index (χ3v) is 4.97. The lowest BCUT2D eigenvalue weighted by molar-refractivity contribution is 0.415. The number of hydrogen-bond donors (Lipinski definition) is 0. The van der Waals surface area contributed by atoms with Crippen LogP contribution in [0.3, 0.4) is 0 Å². The Morgan fingerprint density at radius 3 is 2.36 bits per heavy atom. The summed E-state index contributed by atoms with van der Waals surface area (Å²) in [6.07, 6.45) is 4.08. The maximum atomic E-state index is 5.89. The van der Waals surface area contributed by atoms with Gasteiger partial charge in [-0.15, -0.1) is 11.3 Å². The summed E-state index contributed by atoms with van der Waals surface area (Å²) in [7, 11) is 1.67. The zero-order valence-electron chi connectivity index (χ0n) is 15.4. The largest absolute Gasteiger partial charge is 0.497 e. The van der Waals surface area contributed by atoms with Crippen LogP contribution in [0, 0.1) is 0 Å². The lowest BCUT2D eigenvalue weighted by atomic mass is 10.2. The van der Waals surface area contributed by atoms with Crippen molar-refractivity contribution in [2.45, 2.75) is 0 Å². The van der Waals surface area contributed by atoms with E-state index in [2.05, 4.69) is 11.5 Å². The van der Waals surface area contributed by atoms with Crippen LogP contribution in [-0.4, -0.2) is 12.1 Å². The molecule has 0 atom stereocenters. The van der Waals surface area contributed by atoms with Gasteiger partial charge in [0.05, 0.1) is 12.8 Å². The average Bonchev–Trinajstić information content (AvgIpc) is 3.22. The molecule has 0 aliphatic heterocycles. The monoisotopic (exact) mass is 385 g/mol. The molecule has 138 valence electrons. The Morgan fingerprint density at radius 2 is 1.57 bits per heavy atom. The van der Waals surface area contributed by atoms with Crippen LogP contribution in [0.1, 0.15) is 10.6 Å². The minimum absolute atomic E-state index is 0.811. The van der Waals surface area contributed by atoms with Crippen LogP contribution >= 0.6 is 11.3 Å². The highest BCUT2D eigenvalue weighted by Crippen LogP contribution is 2.26. The number of thiazole rings is 1. The number of aromatic nitrogens is 1. The SMILES string of the molecule is COc1ccc(-c2csc(/C=C/c3cccc(Oc4ccccc4)c3)n2)cc1. The molecule has 4 heteroatoms. The Balaban J connectivity index is 1.47. The number of ether oxygens (including phenoxy) is 2. The van der Waals surface area contributed by atoms with Crippen molar-refractivity contribution in [3.05, 3.63) is 94.8 Å². The van der Waals surface area contributed by atoms with Gasteiger partial charge in [-0.2, -0.15) is 0 Å². The molecule has 0 saturated heterocycles. The Labute approximate surface area is 168 Å². The van der Waals surface area contributed by atoms with Crippen molar-refractivity contribution >= 4 is 23.5 Å². The van der Waals surface area contributed by atoms with E-state index in [0.717, 1.165) is 39.1 Å². The molecule has 1 aromatic heterocycles. The first kappa shape index (κ1) is 18.0. The molecule has 0 N–H and O–H groups in total. The zero-order valence-corrected chi connectivity index (χ0v) is 16.2. The quantitative estimate of drug-likeness (QED) is 0.366. The third-order valence-electron chi connectivity index (χ3n) is 4.16. The second kappa shape index (κ2) is 8.55. The van der Waals surface area contributed by atoms with Gasteiger partial charge in [0.25, 0.3) is 0 Å². The zero-order chi connectivity index (χ0) is 19.2. The van der Waals surface area contributed by atoms with E-state index < -0.39 is 0 Å². The summed E-state index contributed by atoms with van der Waals surface area (Å²) in [5, 5.41) is 3.02. The van der Waals surface area contributed by atoms with Gasteiger partial charge in [0.1, 0.15) is 22.3 Å². The smallest absolute Gasteiger partial charge is 0.128 e. The predicted octanol–water partition coefficient (Wildman–Crippen LogP) is 6.78. The summed E-state index contributed by atoms with van der Waals surface area (Å²) in [6.45, 7) is 0.